The zero-order valence-electron chi connectivity index (χ0n) is 15.8. The lowest BCUT2D eigenvalue weighted by Gasteiger charge is -2.29. The van der Waals surface area contributed by atoms with E-state index in [0.717, 1.165) is 12.0 Å². The largest absolute Gasteiger partial charge is 0.356 e. The minimum absolute atomic E-state index is 0.0259. The second-order valence-electron chi connectivity index (χ2n) is 7.37. The molecule has 0 radical (unpaired) electrons. The second-order valence-corrected chi connectivity index (χ2v) is 7.37. The zero-order valence-corrected chi connectivity index (χ0v) is 15.8. The van der Waals surface area contributed by atoms with E-state index in [-0.39, 0.29) is 23.3 Å². The molecule has 0 spiro atoms. The minimum atomic E-state index is -0.389. The third-order valence-electron chi connectivity index (χ3n) is 4.17. The van der Waals surface area contributed by atoms with Gasteiger partial charge in [-0.2, -0.15) is 0 Å². The summed E-state index contributed by atoms with van der Waals surface area (Å²) in [6.07, 6.45) is 2.06. The van der Waals surface area contributed by atoms with Crippen molar-refractivity contribution in [1.29, 1.82) is 0 Å². The van der Waals surface area contributed by atoms with E-state index < -0.39 is 0 Å². The van der Waals surface area contributed by atoms with Gasteiger partial charge in [0.05, 0.1) is 0 Å². The van der Waals surface area contributed by atoms with E-state index in [1.807, 2.05) is 56.0 Å². The quantitative estimate of drug-likeness (QED) is 0.737. The lowest BCUT2D eigenvalue weighted by atomic mass is 9.96. The molecule has 0 aliphatic rings. The molecule has 1 unspecified atom stereocenters. The van der Waals surface area contributed by atoms with Gasteiger partial charge in [0.2, 0.25) is 11.8 Å². The average Bonchev–Trinajstić information content (AvgIpc) is 2.55. The van der Waals surface area contributed by atoms with E-state index in [1.54, 1.807) is 0 Å². The number of nitrogens with zero attached hydrogens (tertiary/aromatic N) is 1. The Morgan fingerprint density at radius 2 is 1.79 bits per heavy atom. The maximum absolute atomic E-state index is 12.6. The third-order valence-corrected chi connectivity index (χ3v) is 4.17. The average molecular weight is 332 g/mol. The van der Waals surface area contributed by atoms with E-state index in [0.29, 0.717) is 25.9 Å². The highest BCUT2D eigenvalue weighted by atomic mass is 16.2. The SMILES string of the molecule is CCC(C)N(Cc1ccccc1)C(=O)CCCNC(=O)C(C)(C)C. The molecule has 1 aromatic carbocycles. The Bertz CT molecular complexity index is 520. The molecule has 24 heavy (non-hydrogen) atoms. The molecule has 1 rings (SSSR count). The first-order valence-corrected chi connectivity index (χ1v) is 8.87. The van der Waals surface area contributed by atoms with Crippen LogP contribution in [0.5, 0.6) is 0 Å². The summed E-state index contributed by atoms with van der Waals surface area (Å²) < 4.78 is 0. The molecule has 0 aliphatic carbocycles. The highest BCUT2D eigenvalue weighted by molar-refractivity contribution is 5.81. The first-order chi connectivity index (χ1) is 11.3. The van der Waals surface area contributed by atoms with Gasteiger partial charge in [0.1, 0.15) is 0 Å². The lowest BCUT2D eigenvalue weighted by molar-refractivity contribution is -0.134. The van der Waals surface area contributed by atoms with Crippen molar-refractivity contribution in [3.8, 4) is 0 Å². The number of rotatable bonds is 8. The van der Waals surface area contributed by atoms with Gasteiger partial charge < -0.3 is 10.2 Å². The van der Waals surface area contributed by atoms with Crippen LogP contribution in [0.1, 0.15) is 59.4 Å². The number of carbonyl (C=O) groups excluding carboxylic acids is 2. The summed E-state index contributed by atoms with van der Waals surface area (Å²) >= 11 is 0. The van der Waals surface area contributed by atoms with Crippen molar-refractivity contribution in [3.63, 3.8) is 0 Å². The van der Waals surface area contributed by atoms with Gasteiger partial charge in [-0.15, -0.1) is 0 Å². The molecule has 1 atom stereocenters. The molecule has 4 nitrogen and oxygen atoms in total. The number of hydrogen-bond acceptors (Lipinski definition) is 2. The van der Waals surface area contributed by atoms with Crippen LogP contribution in [0, 0.1) is 5.41 Å². The fourth-order valence-corrected chi connectivity index (χ4v) is 2.34. The van der Waals surface area contributed by atoms with E-state index in [2.05, 4.69) is 19.2 Å². The van der Waals surface area contributed by atoms with Crippen LogP contribution in [0.15, 0.2) is 30.3 Å². The molecule has 0 aliphatic heterocycles. The Morgan fingerprint density at radius 3 is 2.33 bits per heavy atom. The van der Waals surface area contributed by atoms with Crippen LogP contribution in [0.25, 0.3) is 0 Å². The summed E-state index contributed by atoms with van der Waals surface area (Å²) in [5.41, 5.74) is 0.757. The zero-order chi connectivity index (χ0) is 18.2. The molecular weight excluding hydrogens is 300 g/mol. The Kier molecular flexibility index (Phi) is 7.96. The number of carbonyl (C=O) groups is 2. The predicted molar refractivity (Wildman–Crippen MR) is 98.4 cm³/mol. The normalized spacial score (nSPS) is 12.5. The number of hydrogen-bond donors (Lipinski definition) is 1. The fraction of sp³-hybridized carbons (Fsp3) is 0.600. The van der Waals surface area contributed by atoms with Crippen molar-refractivity contribution < 1.29 is 9.59 Å². The van der Waals surface area contributed by atoms with Crippen LogP contribution in [0.2, 0.25) is 0 Å². The molecule has 4 heteroatoms. The molecular formula is C20H32N2O2. The molecule has 0 aromatic heterocycles. The van der Waals surface area contributed by atoms with Gasteiger partial charge in [-0.25, -0.2) is 0 Å². The summed E-state index contributed by atoms with van der Waals surface area (Å²) in [4.78, 5) is 26.4. The highest BCUT2D eigenvalue weighted by Crippen LogP contribution is 2.14. The van der Waals surface area contributed by atoms with Gasteiger partial charge >= 0.3 is 0 Å². The van der Waals surface area contributed by atoms with E-state index >= 15 is 0 Å². The van der Waals surface area contributed by atoms with Crippen molar-refractivity contribution in [2.45, 2.75) is 66.5 Å². The smallest absolute Gasteiger partial charge is 0.225 e. The highest BCUT2D eigenvalue weighted by Gasteiger charge is 2.21. The third kappa shape index (κ3) is 6.73. The fourth-order valence-electron chi connectivity index (χ4n) is 2.34. The Morgan fingerprint density at radius 1 is 1.17 bits per heavy atom. The maximum Gasteiger partial charge on any atom is 0.225 e. The molecule has 134 valence electrons. The summed E-state index contributed by atoms with van der Waals surface area (Å²) in [6, 6.07) is 10.3. The van der Waals surface area contributed by atoms with Crippen LogP contribution in [0.3, 0.4) is 0 Å². The molecule has 2 amide bonds. The number of benzene rings is 1. The monoisotopic (exact) mass is 332 g/mol. The van der Waals surface area contributed by atoms with Crippen molar-refractivity contribution in [2.24, 2.45) is 5.41 Å². The van der Waals surface area contributed by atoms with Crippen molar-refractivity contribution >= 4 is 11.8 Å². The van der Waals surface area contributed by atoms with E-state index in [9.17, 15) is 9.59 Å². The summed E-state index contributed by atoms with van der Waals surface area (Å²) in [7, 11) is 0. The van der Waals surface area contributed by atoms with E-state index in [4.69, 9.17) is 0 Å². The predicted octanol–water partition coefficient (Wildman–Crippen LogP) is 3.76. The van der Waals surface area contributed by atoms with Gasteiger partial charge in [-0.05, 0) is 25.3 Å². The molecule has 0 saturated heterocycles. The first kappa shape index (κ1) is 20.2. The Hall–Kier alpha value is -1.84. The molecule has 0 fully saturated rings. The van der Waals surface area contributed by atoms with Crippen LogP contribution >= 0.6 is 0 Å². The Balaban J connectivity index is 2.52. The van der Waals surface area contributed by atoms with Crippen molar-refractivity contribution in [2.75, 3.05) is 6.54 Å². The summed E-state index contributed by atoms with van der Waals surface area (Å²) in [5, 5.41) is 2.90. The van der Waals surface area contributed by atoms with Gasteiger partial charge in [0.15, 0.2) is 0 Å². The molecule has 1 aromatic rings. The van der Waals surface area contributed by atoms with E-state index in [1.165, 1.54) is 0 Å². The second kappa shape index (κ2) is 9.45. The molecule has 1 N–H and O–H groups in total. The van der Waals surface area contributed by atoms with Gasteiger partial charge in [-0.1, -0.05) is 58.0 Å². The molecule has 0 bridgehead atoms. The van der Waals surface area contributed by atoms with Gasteiger partial charge in [0, 0.05) is 31.0 Å². The lowest BCUT2D eigenvalue weighted by Crippen LogP contribution is -2.39. The van der Waals surface area contributed by atoms with Crippen LogP contribution in [-0.4, -0.2) is 29.3 Å². The number of nitrogens with one attached hydrogen (secondary N) is 1. The first-order valence-electron chi connectivity index (χ1n) is 8.87. The summed E-state index contributed by atoms with van der Waals surface area (Å²) in [6.45, 7) is 11.0. The van der Waals surface area contributed by atoms with Crippen molar-refractivity contribution in [1.82, 2.24) is 10.2 Å². The molecule has 0 saturated carbocycles. The standard InChI is InChI=1S/C20H32N2O2/c1-6-16(2)22(15-17-11-8-7-9-12-17)18(23)13-10-14-21-19(24)20(3,4)5/h7-9,11-12,16H,6,10,13-15H2,1-5H3,(H,21,24). The summed E-state index contributed by atoms with van der Waals surface area (Å²) in [5.74, 6) is 0.177. The minimum Gasteiger partial charge on any atom is -0.356 e. The topological polar surface area (TPSA) is 49.4 Å². The number of amides is 2. The maximum atomic E-state index is 12.6. The van der Waals surface area contributed by atoms with Gasteiger partial charge in [0.25, 0.3) is 0 Å². The Labute approximate surface area is 146 Å². The van der Waals surface area contributed by atoms with Crippen molar-refractivity contribution in [3.05, 3.63) is 35.9 Å². The van der Waals surface area contributed by atoms with Gasteiger partial charge in [-0.3, -0.25) is 9.59 Å². The molecule has 0 heterocycles. The van der Waals surface area contributed by atoms with Crippen LogP contribution in [-0.2, 0) is 16.1 Å². The van der Waals surface area contributed by atoms with Crippen LogP contribution < -0.4 is 5.32 Å². The van der Waals surface area contributed by atoms with Crippen LogP contribution in [0.4, 0.5) is 0 Å².